The summed E-state index contributed by atoms with van der Waals surface area (Å²) in [4.78, 5) is 13.5. The Labute approximate surface area is 148 Å². The predicted molar refractivity (Wildman–Crippen MR) is 101 cm³/mol. The number of fused-ring (bicyclic) bond motifs is 1. The molecule has 0 radical (unpaired) electrons. The highest BCUT2D eigenvalue weighted by Crippen LogP contribution is 2.04. The minimum atomic E-state index is 0.709. The zero-order valence-corrected chi connectivity index (χ0v) is 14.5. The minimum absolute atomic E-state index is 0.709. The van der Waals surface area contributed by atoms with Gasteiger partial charge in [-0.15, -0.1) is 0 Å². The molecular formula is C19H24N6. The highest BCUT2D eigenvalue weighted by molar-refractivity contribution is 5.79. The summed E-state index contributed by atoms with van der Waals surface area (Å²) in [7, 11) is 0. The molecule has 0 saturated carbocycles. The molecule has 130 valence electrons. The van der Waals surface area contributed by atoms with Gasteiger partial charge in [0.1, 0.15) is 5.65 Å². The maximum atomic E-state index is 4.61. The molecule has 3 heterocycles. The average Bonchev–Trinajstić information content (AvgIpc) is 3.05. The second-order valence-electron chi connectivity index (χ2n) is 5.71. The predicted octanol–water partition coefficient (Wildman–Crippen LogP) is 2.07. The fraction of sp³-hybridized carbons (Fsp3) is 0.316. The van der Waals surface area contributed by atoms with Gasteiger partial charge in [0.2, 0.25) is 0 Å². The molecule has 0 aliphatic carbocycles. The Morgan fingerprint density at radius 3 is 2.80 bits per heavy atom. The molecule has 6 heteroatoms. The fourth-order valence-corrected chi connectivity index (χ4v) is 2.59. The third-order valence-electron chi connectivity index (χ3n) is 3.80. The molecule has 0 aliphatic rings. The molecule has 0 spiro atoms. The number of hydrogen-bond acceptors (Lipinski definition) is 3. The van der Waals surface area contributed by atoms with Gasteiger partial charge in [-0.1, -0.05) is 12.1 Å². The molecule has 0 aliphatic heterocycles. The lowest BCUT2D eigenvalue weighted by Gasteiger charge is -2.10. The SMILES string of the molecule is CCNC(=NCCc1ccccn1)NCCc1cn2ccccc2n1. The van der Waals surface area contributed by atoms with Gasteiger partial charge in [0.25, 0.3) is 0 Å². The zero-order chi connectivity index (χ0) is 17.3. The highest BCUT2D eigenvalue weighted by atomic mass is 15.2. The monoisotopic (exact) mass is 336 g/mol. The Morgan fingerprint density at radius 1 is 1.08 bits per heavy atom. The second-order valence-corrected chi connectivity index (χ2v) is 5.71. The molecule has 2 N–H and O–H groups in total. The maximum Gasteiger partial charge on any atom is 0.191 e. The van der Waals surface area contributed by atoms with Gasteiger partial charge in [-0.05, 0) is 31.2 Å². The smallest absolute Gasteiger partial charge is 0.191 e. The van der Waals surface area contributed by atoms with Crippen molar-refractivity contribution in [1.29, 1.82) is 0 Å². The van der Waals surface area contributed by atoms with Crippen LogP contribution in [0.2, 0.25) is 0 Å². The summed E-state index contributed by atoms with van der Waals surface area (Å²) in [6, 6.07) is 12.0. The summed E-state index contributed by atoms with van der Waals surface area (Å²) in [5.74, 6) is 0.835. The molecule has 0 saturated heterocycles. The van der Waals surface area contributed by atoms with E-state index in [2.05, 4.69) is 38.7 Å². The summed E-state index contributed by atoms with van der Waals surface area (Å²) in [5, 5.41) is 6.64. The van der Waals surface area contributed by atoms with Crippen LogP contribution in [0.4, 0.5) is 0 Å². The summed E-state index contributed by atoms with van der Waals surface area (Å²) >= 11 is 0. The Morgan fingerprint density at radius 2 is 2.00 bits per heavy atom. The van der Waals surface area contributed by atoms with Crippen LogP contribution in [0.3, 0.4) is 0 Å². The first-order chi connectivity index (χ1) is 12.3. The van der Waals surface area contributed by atoms with E-state index in [1.807, 2.05) is 53.2 Å². The van der Waals surface area contributed by atoms with E-state index in [4.69, 9.17) is 0 Å². The Bertz CT molecular complexity index is 776. The van der Waals surface area contributed by atoms with Gasteiger partial charge >= 0.3 is 0 Å². The van der Waals surface area contributed by atoms with Gasteiger partial charge in [0.05, 0.1) is 5.69 Å². The number of nitrogens with one attached hydrogen (secondary N) is 2. The van der Waals surface area contributed by atoms with Crippen molar-refractivity contribution in [2.24, 2.45) is 4.99 Å². The average molecular weight is 336 g/mol. The van der Waals surface area contributed by atoms with E-state index in [1.54, 1.807) is 0 Å². The van der Waals surface area contributed by atoms with Crippen molar-refractivity contribution in [3.8, 4) is 0 Å². The van der Waals surface area contributed by atoms with Gasteiger partial charge in [-0.2, -0.15) is 0 Å². The van der Waals surface area contributed by atoms with Crippen molar-refractivity contribution in [1.82, 2.24) is 25.0 Å². The first-order valence-electron chi connectivity index (χ1n) is 8.70. The zero-order valence-electron chi connectivity index (χ0n) is 14.5. The van der Waals surface area contributed by atoms with Crippen molar-refractivity contribution in [2.45, 2.75) is 19.8 Å². The van der Waals surface area contributed by atoms with Gasteiger partial charge in [-0.3, -0.25) is 9.98 Å². The van der Waals surface area contributed by atoms with Crippen molar-refractivity contribution in [3.63, 3.8) is 0 Å². The van der Waals surface area contributed by atoms with E-state index in [0.29, 0.717) is 6.54 Å². The van der Waals surface area contributed by atoms with E-state index in [-0.39, 0.29) is 0 Å². The third kappa shape index (κ3) is 5.04. The van der Waals surface area contributed by atoms with E-state index in [0.717, 1.165) is 48.9 Å². The first kappa shape index (κ1) is 17.0. The third-order valence-corrected chi connectivity index (χ3v) is 3.80. The van der Waals surface area contributed by atoms with Gasteiger partial charge in [0, 0.05) is 56.8 Å². The normalized spacial score (nSPS) is 11.6. The van der Waals surface area contributed by atoms with Crippen LogP contribution >= 0.6 is 0 Å². The molecule has 3 rings (SSSR count). The van der Waals surface area contributed by atoms with Crippen LogP contribution in [-0.2, 0) is 12.8 Å². The van der Waals surface area contributed by atoms with Gasteiger partial charge < -0.3 is 15.0 Å². The van der Waals surface area contributed by atoms with E-state index >= 15 is 0 Å². The van der Waals surface area contributed by atoms with Gasteiger partial charge in [0.15, 0.2) is 5.96 Å². The van der Waals surface area contributed by atoms with Crippen molar-refractivity contribution in [2.75, 3.05) is 19.6 Å². The Balaban J connectivity index is 1.50. The molecule has 3 aromatic heterocycles. The number of rotatable bonds is 7. The first-order valence-corrected chi connectivity index (χ1v) is 8.70. The minimum Gasteiger partial charge on any atom is -0.357 e. The molecule has 6 nitrogen and oxygen atoms in total. The fourth-order valence-electron chi connectivity index (χ4n) is 2.59. The largest absolute Gasteiger partial charge is 0.357 e. The Hall–Kier alpha value is -2.89. The van der Waals surface area contributed by atoms with Crippen LogP contribution in [-0.4, -0.2) is 40.0 Å². The quantitative estimate of drug-likeness (QED) is 0.512. The molecule has 25 heavy (non-hydrogen) atoms. The van der Waals surface area contributed by atoms with Crippen LogP contribution in [0, 0.1) is 0 Å². The number of aromatic nitrogens is 3. The van der Waals surface area contributed by atoms with Crippen LogP contribution in [0.5, 0.6) is 0 Å². The lowest BCUT2D eigenvalue weighted by Crippen LogP contribution is -2.38. The second kappa shape index (κ2) is 8.82. The van der Waals surface area contributed by atoms with Crippen LogP contribution in [0.15, 0.2) is 60.0 Å². The molecule has 0 fully saturated rings. The molecule has 0 unspecified atom stereocenters. The van der Waals surface area contributed by atoms with Crippen molar-refractivity contribution < 1.29 is 0 Å². The van der Waals surface area contributed by atoms with E-state index in [9.17, 15) is 0 Å². The summed E-state index contributed by atoms with van der Waals surface area (Å²) in [5.41, 5.74) is 3.11. The van der Waals surface area contributed by atoms with Crippen molar-refractivity contribution >= 4 is 11.6 Å². The lowest BCUT2D eigenvalue weighted by molar-refractivity contribution is 0.787. The molecule has 3 aromatic rings. The summed E-state index contributed by atoms with van der Waals surface area (Å²) in [6.45, 7) is 4.40. The number of aliphatic imine (C=N–C) groups is 1. The van der Waals surface area contributed by atoms with E-state index in [1.165, 1.54) is 0 Å². The van der Waals surface area contributed by atoms with Crippen LogP contribution in [0.25, 0.3) is 5.65 Å². The van der Waals surface area contributed by atoms with E-state index < -0.39 is 0 Å². The molecular weight excluding hydrogens is 312 g/mol. The molecule has 0 bridgehead atoms. The summed E-state index contributed by atoms with van der Waals surface area (Å²) in [6.07, 6.45) is 7.60. The molecule has 0 amide bonds. The number of nitrogens with zero attached hydrogens (tertiary/aromatic N) is 4. The highest BCUT2D eigenvalue weighted by Gasteiger charge is 2.02. The number of pyridine rings is 2. The number of hydrogen-bond donors (Lipinski definition) is 2. The topological polar surface area (TPSA) is 66.6 Å². The molecule has 0 atom stereocenters. The van der Waals surface area contributed by atoms with Crippen LogP contribution in [0.1, 0.15) is 18.3 Å². The number of imidazole rings is 1. The summed E-state index contributed by atoms with van der Waals surface area (Å²) < 4.78 is 2.04. The standard InChI is InChI=1S/C19H24N6/c1-2-20-19(22-12-9-16-7-3-5-11-21-16)23-13-10-17-15-25-14-6-4-8-18(25)24-17/h3-8,11,14-15H,2,9-10,12-13H2,1H3,(H2,20,22,23). The Kier molecular flexibility index (Phi) is 5.98. The molecule has 0 aromatic carbocycles. The van der Waals surface area contributed by atoms with Crippen LogP contribution < -0.4 is 10.6 Å². The number of guanidine groups is 1. The van der Waals surface area contributed by atoms with Gasteiger partial charge in [-0.25, -0.2) is 4.98 Å². The maximum absolute atomic E-state index is 4.61. The van der Waals surface area contributed by atoms with Crippen molar-refractivity contribution in [3.05, 3.63) is 66.4 Å². The lowest BCUT2D eigenvalue weighted by atomic mass is 10.3.